The third kappa shape index (κ3) is 3.72. The van der Waals surface area contributed by atoms with Crippen LogP contribution in [0.2, 0.25) is 0 Å². The molecular formula is C25H23N7O3. The Morgan fingerprint density at radius 2 is 1.91 bits per heavy atom. The third-order valence-corrected chi connectivity index (χ3v) is 6.55. The topological polar surface area (TPSA) is 114 Å². The van der Waals surface area contributed by atoms with Gasteiger partial charge in [0.25, 0.3) is 11.5 Å². The molecule has 0 bridgehead atoms. The number of likely N-dealkylation sites (tertiary alicyclic amines) is 1. The molecule has 5 aromatic rings. The zero-order valence-corrected chi connectivity index (χ0v) is 19.1. The number of carbonyl (C=O) groups excluding carboxylic acids is 1. The minimum atomic E-state index is -0.271. The van der Waals surface area contributed by atoms with Crippen LogP contribution in [-0.2, 0) is 0 Å². The van der Waals surface area contributed by atoms with Crippen LogP contribution in [0.3, 0.4) is 0 Å². The number of aromatic amines is 1. The SMILES string of the molecule is Cc1c(C(=O)N2CCC(c3nc(-c4ccccc4)co3)CC2)cnn1-c1nn2cccc2c(=O)[nH]1. The number of rotatable bonds is 4. The number of hydrogen-bond donors (Lipinski definition) is 1. The molecule has 35 heavy (non-hydrogen) atoms. The van der Waals surface area contributed by atoms with E-state index in [1.165, 1.54) is 15.4 Å². The molecule has 176 valence electrons. The van der Waals surface area contributed by atoms with Gasteiger partial charge in [0.2, 0.25) is 5.95 Å². The van der Waals surface area contributed by atoms with E-state index in [0.717, 1.165) is 30.0 Å². The lowest BCUT2D eigenvalue weighted by Crippen LogP contribution is -2.38. The van der Waals surface area contributed by atoms with Gasteiger partial charge in [-0.05, 0) is 31.9 Å². The fraction of sp³-hybridized carbons (Fsp3) is 0.240. The van der Waals surface area contributed by atoms with Gasteiger partial charge < -0.3 is 9.32 Å². The number of nitrogens with one attached hydrogen (secondary N) is 1. The number of benzene rings is 1. The number of oxazole rings is 1. The van der Waals surface area contributed by atoms with E-state index >= 15 is 0 Å². The zero-order valence-electron chi connectivity index (χ0n) is 19.1. The Morgan fingerprint density at radius 1 is 1.11 bits per heavy atom. The molecule has 0 aliphatic carbocycles. The van der Waals surface area contributed by atoms with E-state index in [1.807, 2.05) is 35.2 Å². The summed E-state index contributed by atoms with van der Waals surface area (Å²) >= 11 is 0. The Balaban J connectivity index is 1.16. The highest BCUT2D eigenvalue weighted by Gasteiger charge is 2.29. The maximum atomic E-state index is 13.3. The van der Waals surface area contributed by atoms with Crippen LogP contribution >= 0.6 is 0 Å². The fourth-order valence-electron chi connectivity index (χ4n) is 4.58. The first-order valence-electron chi connectivity index (χ1n) is 11.5. The number of carbonyl (C=O) groups is 1. The lowest BCUT2D eigenvalue weighted by Gasteiger charge is -2.30. The normalized spacial score (nSPS) is 14.6. The van der Waals surface area contributed by atoms with Crippen molar-refractivity contribution < 1.29 is 9.21 Å². The molecule has 5 heterocycles. The van der Waals surface area contributed by atoms with Crippen LogP contribution < -0.4 is 5.56 Å². The lowest BCUT2D eigenvalue weighted by atomic mass is 9.96. The van der Waals surface area contributed by atoms with Gasteiger partial charge >= 0.3 is 0 Å². The predicted molar refractivity (Wildman–Crippen MR) is 127 cm³/mol. The summed E-state index contributed by atoms with van der Waals surface area (Å²) in [5.41, 5.74) is 3.13. The smallest absolute Gasteiger partial charge is 0.276 e. The summed E-state index contributed by atoms with van der Waals surface area (Å²) in [7, 11) is 0. The van der Waals surface area contributed by atoms with Gasteiger partial charge in [0.1, 0.15) is 17.5 Å². The lowest BCUT2D eigenvalue weighted by molar-refractivity contribution is 0.0705. The molecule has 10 heteroatoms. The summed E-state index contributed by atoms with van der Waals surface area (Å²) in [6.07, 6.45) is 6.46. The van der Waals surface area contributed by atoms with E-state index in [9.17, 15) is 9.59 Å². The van der Waals surface area contributed by atoms with Gasteiger partial charge in [-0.25, -0.2) is 14.2 Å². The van der Waals surface area contributed by atoms with Gasteiger partial charge in [-0.3, -0.25) is 14.6 Å². The molecule has 10 nitrogen and oxygen atoms in total. The summed E-state index contributed by atoms with van der Waals surface area (Å²) in [4.78, 5) is 34.8. The van der Waals surface area contributed by atoms with E-state index < -0.39 is 0 Å². The number of H-pyrrole nitrogens is 1. The van der Waals surface area contributed by atoms with E-state index in [4.69, 9.17) is 4.42 Å². The molecule has 1 aliphatic rings. The molecule has 0 atom stereocenters. The first-order valence-corrected chi connectivity index (χ1v) is 11.5. The maximum Gasteiger partial charge on any atom is 0.276 e. The molecule has 0 radical (unpaired) electrons. The molecule has 0 spiro atoms. The molecular weight excluding hydrogens is 446 g/mol. The van der Waals surface area contributed by atoms with Crippen molar-refractivity contribution in [2.75, 3.05) is 13.1 Å². The Hall–Kier alpha value is -4.47. The molecule has 6 rings (SSSR count). The number of amides is 1. The van der Waals surface area contributed by atoms with E-state index in [-0.39, 0.29) is 23.3 Å². The zero-order chi connectivity index (χ0) is 23.9. The molecule has 1 aliphatic heterocycles. The predicted octanol–water partition coefficient (Wildman–Crippen LogP) is 3.19. The molecule has 1 saturated heterocycles. The van der Waals surface area contributed by atoms with Crippen LogP contribution in [0.25, 0.3) is 22.7 Å². The van der Waals surface area contributed by atoms with Crippen molar-refractivity contribution in [3.63, 3.8) is 0 Å². The van der Waals surface area contributed by atoms with Gasteiger partial charge in [-0.2, -0.15) is 5.10 Å². The maximum absolute atomic E-state index is 13.3. The standard InChI is InChI=1S/C25H23N7O3/c1-16-19(14-26-32(16)25-28-22(33)21-8-5-11-31(21)29-25)24(34)30-12-9-18(10-13-30)23-27-20(15-35-23)17-6-3-2-4-7-17/h2-8,11,14-15,18H,9-10,12-13H2,1H3,(H,28,29,33). The van der Waals surface area contributed by atoms with Crippen LogP contribution in [-0.4, -0.2) is 53.3 Å². The van der Waals surface area contributed by atoms with Crippen LogP contribution in [0.5, 0.6) is 0 Å². The second kappa shape index (κ2) is 8.39. The largest absolute Gasteiger partial charge is 0.448 e. The highest BCUT2D eigenvalue weighted by atomic mass is 16.3. The average molecular weight is 470 g/mol. The highest BCUT2D eigenvalue weighted by molar-refractivity contribution is 5.95. The third-order valence-electron chi connectivity index (χ3n) is 6.55. The van der Waals surface area contributed by atoms with Crippen molar-refractivity contribution >= 4 is 11.4 Å². The van der Waals surface area contributed by atoms with Gasteiger partial charge in [-0.15, -0.1) is 5.10 Å². The molecule has 1 aromatic carbocycles. The minimum absolute atomic E-state index is 0.0889. The monoisotopic (exact) mass is 469 g/mol. The number of nitrogens with zero attached hydrogens (tertiary/aromatic N) is 6. The first kappa shape index (κ1) is 21.1. The van der Waals surface area contributed by atoms with E-state index in [1.54, 1.807) is 31.5 Å². The van der Waals surface area contributed by atoms with Crippen molar-refractivity contribution in [2.24, 2.45) is 0 Å². The van der Waals surface area contributed by atoms with Crippen LogP contribution in [0.1, 0.15) is 40.7 Å². The van der Waals surface area contributed by atoms with Crippen LogP contribution in [0, 0.1) is 6.92 Å². The fourth-order valence-corrected chi connectivity index (χ4v) is 4.58. The van der Waals surface area contributed by atoms with E-state index in [0.29, 0.717) is 29.9 Å². The number of piperidine rings is 1. The second-order valence-corrected chi connectivity index (χ2v) is 8.67. The molecule has 1 fully saturated rings. The highest BCUT2D eigenvalue weighted by Crippen LogP contribution is 2.30. The van der Waals surface area contributed by atoms with Crippen LogP contribution in [0.4, 0.5) is 0 Å². The Morgan fingerprint density at radius 3 is 2.71 bits per heavy atom. The van der Waals surface area contributed by atoms with Gasteiger partial charge in [0, 0.05) is 30.8 Å². The summed E-state index contributed by atoms with van der Waals surface area (Å²) < 4.78 is 8.76. The van der Waals surface area contributed by atoms with Crippen molar-refractivity contribution in [1.82, 2.24) is 34.3 Å². The van der Waals surface area contributed by atoms with Crippen molar-refractivity contribution in [3.05, 3.63) is 88.6 Å². The van der Waals surface area contributed by atoms with Gasteiger partial charge in [-0.1, -0.05) is 30.3 Å². The summed E-state index contributed by atoms with van der Waals surface area (Å²) in [5, 5.41) is 8.73. The summed E-state index contributed by atoms with van der Waals surface area (Å²) in [6, 6.07) is 13.4. The van der Waals surface area contributed by atoms with Crippen molar-refractivity contribution in [1.29, 1.82) is 0 Å². The molecule has 1 amide bonds. The Bertz CT molecular complexity index is 1570. The number of aromatic nitrogens is 6. The number of fused-ring (bicyclic) bond motifs is 1. The molecule has 1 N–H and O–H groups in total. The summed E-state index contributed by atoms with van der Waals surface area (Å²) in [6.45, 7) is 2.99. The minimum Gasteiger partial charge on any atom is -0.448 e. The van der Waals surface area contributed by atoms with Crippen molar-refractivity contribution in [2.45, 2.75) is 25.7 Å². The van der Waals surface area contributed by atoms with Crippen LogP contribution in [0.15, 0.2) is 70.3 Å². The Labute approximate surface area is 199 Å². The first-order chi connectivity index (χ1) is 17.1. The molecule has 4 aromatic heterocycles. The van der Waals surface area contributed by atoms with E-state index in [2.05, 4.69) is 20.2 Å². The second-order valence-electron chi connectivity index (χ2n) is 8.67. The average Bonchev–Trinajstić information content (AvgIpc) is 3.64. The molecule has 0 unspecified atom stereocenters. The molecule has 0 saturated carbocycles. The number of hydrogen-bond acceptors (Lipinski definition) is 6. The Kier molecular flexibility index (Phi) is 5.05. The van der Waals surface area contributed by atoms with Crippen molar-refractivity contribution in [3.8, 4) is 17.2 Å². The quantitative estimate of drug-likeness (QED) is 0.432. The van der Waals surface area contributed by atoms with Gasteiger partial charge in [0.05, 0.1) is 17.5 Å². The summed E-state index contributed by atoms with van der Waals surface area (Å²) in [5.74, 6) is 1.05. The van der Waals surface area contributed by atoms with Gasteiger partial charge in [0.15, 0.2) is 5.89 Å².